The van der Waals surface area contributed by atoms with Gasteiger partial charge in [0, 0.05) is 10.7 Å². The van der Waals surface area contributed by atoms with E-state index in [0.717, 1.165) is 4.47 Å². The Morgan fingerprint density at radius 2 is 2.29 bits per heavy atom. The van der Waals surface area contributed by atoms with Crippen molar-refractivity contribution in [2.45, 2.75) is 18.1 Å². The predicted octanol–water partition coefficient (Wildman–Crippen LogP) is 1.74. The lowest BCUT2D eigenvalue weighted by molar-refractivity contribution is 0.588. The largest absolute Gasteiger partial charge is 0.228 e. The van der Waals surface area contributed by atoms with Crippen LogP contribution in [-0.2, 0) is 9.84 Å². The van der Waals surface area contributed by atoms with Gasteiger partial charge < -0.3 is 0 Å². The molecular weight excluding hydrogens is 306 g/mol. The van der Waals surface area contributed by atoms with Crippen molar-refractivity contribution >= 4 is 31.4 Å². The molecule has 0 spiro atoms. The Balaban J connectivity index is 2.12. The van der Waals surface area contributed by atoms with Crippen molar-refractivity contribution in [3.05, 3.63) is 28.6 Å². The van der Waals surface area contributed by atoms with Crippen molar-refractivity contribution in [2.75, 3.05) is 5.75 Å². The summed E-state index contributed by atoms with van der Waals surface area (Å²) in [7, 11) is -3.05. The zero-order valence-electron chi connectivity index (χ0n) is 8.88. The third kappa shape index (κ3) is 1.87. The molecule has 0 bridgehead atoms. The van der Waals surface area contributed by atoms with Gasteiger partial charge in [0.2, 0.25) is 0 Å². The SMILES string of the molecule is O=S1(=O)CCCC1c1nc2cc(Br)ccn2n1. The van der Waals surface area contributed by atoms with Gasteiger partial charge >= 0.3 is 0 Å². The molecule has 0 radical (unpaired) electrons. The second-order valence-corrected chi connectivity index (χ2v) is 7.33. The van der Waals surface area contributed by atoms with Gasteiger partial charge in [0.1, 0.15) is 5.25 Å². The Hall–Kier alpha value is -0.950. The van der Waals surface area contributed by atoms with Gasteiger partial charge in [-0.15, -0.1) is 5.10 Å². The van der Waals surface area contributed by atoms with Crippen molar-refractivity contribution < 1.29 is 8.42 Å². The van der Waals surface area contributed by atoms with E-state index in [0.29, 0.717) is 24.3 Å². The van der Waals surface area contributed by atoms with Gasteiger partial charge in [-0.3, -0.25) is 0 Å². The molecule has 90 valence electrons. The molecule has 0 N–H and O–H groups in total. The lowest BCUT2D eigenvalue weighted by atomic mass is 10.2. The Bertz CT molecular complexity index is 680. The van der Waals surface area contributed by atoms with E-state index in [4.69, 9.17) is 0 Å². The predicted molar refractivity (Wildman–Crippen MR) is 66.4 cm³/mol. The fourth-order valence-electron chi connectivity index (χ4n) is 2.09. The number of fused-ring (bicyclic) bond motifs is 1. The molecule has 0 amide bonds. The van der Waals surface area contributed by atoms with Gasteiger partial charge in [0.15, 0.2) is 21.3 Å². The third-order valence-electron chi connectivity index (χ3n) is 2.93. The normalized spacial score (nSPS) is 23.2. The second kappa shape index (κ2) is 3.78. The van der Waals surface area contributed by atoms with Gasteiger partial charge in [0.05, 0.1) is 5.75 Å². The number of pyridine rings is 1. The smallest absolute Gasteiger partial charge is 0.169 e. The number of hydrogen-bond donors (Lipinski definition) is 0. The van der Waals surface area contributed by atoms with Crippen LogP contribution < -0.4 is 0 Å². The minimum absolute atomic E-state index is 0.247. The van der Waals surface area contributed by atoms with E-state index in [1.165, 1.54) is 0 Å². The summed E-state index contributed by atoms with van der Waals surface area (Å²) in [5.41, 5.74) is 0.663. The average molecular weight is 316 g/mol. The van der Waals surface area contributed by atoms with Crippen LogP contribution in [0.4, 0.5) is 0 Å². The molecule has 0 aliphatic carbocycles. The van der Waals surface area contributed by atoms with Gasteiger partial charge in [-0.1, -0.05) is 15.9 Å². The lowest BCUT2D eigenvalue weighted by Crippen LogP contribution is -2.09. The van der Waals surface area contributed by atoms with Gasteiger partial charge in [0.25, 0.3) is 0 Å². The molecule has 0 saturated carbocycles. The number of rotatable bonds is 1. The van der Waals surface area contributed by atoms with Crippen molar-refractivity contribution in [1.29, 1.82) is 0 Å². The maximum Gasteiger partial charge on any atom is 0.169 e. The van der Waals surface area contributed by atoms with E-state index >= 15 is 0 Å². The fraction of sp³-hybridized carbons (Fsp3) is 0.400. The molecule has 17 heavy (non-hydrogen) atoms. The van der Waals surface area contributed by atoms with Crippen LogP contribution in [0.1, 0.15) is 23.9 Å². The second-order valence-electron chi connectivity index (χ2n) is 4.12. The molecule has 1 fully saturated rings. The molecule has 3 heterocycles. The lowest BCUT2D eigenvalue weighted by Gasteiger charge is -2.02. The van der Waals surface area contributed by atoms with E-state index in [9.17, 15) is 8.42 Å². The quantitative estimate of drug-likeness (QED) is 0.804. The van der Waals surface area contributed by atoms with Crippen LogP contribution in [0, 0.1) is 0 Å². The Morgan fingerprint density at radius 3 is 3.00 bits per heavy atom. The third-order valence-corrected chi connectivity index (χ3v) is 5.60. The summed E-state index contributed by atoms with van der Waals surface area (Å²) >= 11 is 3.35. The molecule has 1 unspecified atom stereocenters. The number of hydrogen-bond acceptors (Lipinski definition) is 4. The van der Waals surface area contributed by atoms with Crippen LogP contribution in [0.3, 0.4) is 0 Å². The zero-order valence-corrected chi connectivity index (χ0v) is 11.3. The number of sulfone groups is 1. The molecule has 7 heteroatoms. The van der Waals surface area contributed by atoms with Crippen LogP contribution in [0.2, 0.25) is 0 Å². The summed E-state index contributed by atoms with van der Waals surface area (Å²) in [6.07, 6.45) is 3.09. The van der Waals surface area contributed by atoms with E-state index in [1.807, 2.05) is 12.1 Å². The van der Waals surface area contributed by atoms with E-state index < -0.39 is 15.1 Å². The molecule has 1 aliphatic heterocycles. The van der Waals surface area contributed by atoms with Crippen molar-refractivity contribution in [1.82, 2.24) is 14.6 Å². The van der Waals surface area contributed by atoms with Gasteiger partial charge in [-0.2, -0.15) is 0 Å². The Labute approximate surface area is 107 Å². The number of aromatic nitrogens is 3. The topological polar surface area (TPSA) is 64.3 Å². The Kier molecular flexibility index (Phi) is 2.48. The van der Waals surface area contributed by atoms with Crippen molar-refractivity contribution in [3.8, 4) is 0 Å². The maximum absolute atomic E-state index is 11.8. The van der Waals surface area contributed by atoms with E-state index in [1.54, 1.807) is 10.7 Å². The fourth-order valence-corrected chi connectivity index (χ4v) is 4.22. The minimum Gasteiger partial charge on any atom is -0.228 e. The summed E-state index contributed by atoms with van der Waals surface area (Å²) < 4.78 is 26.1. The Morgan fingerprint density at radius 1 is 1.47 bits per heavy atom. The first-order chi connectivity index (χ1) is 8.06. The molecule has 1 aliphatic rings. The zero-order chi connectivity index (χ0) is 12.0. The highest BCUT2D eigenvalue weighted by Crippen LogP contribution is 2.32. The summed E-state index contributed by atoms with van der Waals surface area (Å²) in [6, 6.07) is 3.66. The van der Waals surface area contributed by atoms with Gasteiger partial charge in [-0.05, 0) is 25.0 Å². The molecule has 3 rings (SSSR count). The van der Waals surface area contributed by atoms with E-state index in [2.05, 4.69) is 26.0 Å². The minimum atomic E-state index is -3.05. The first-order valence-electron chi connectivity index (χ1n) is 5.30. The average Bonchev–Trinajstić information content (AvgIpc) is 2.79. The first-order valence-corrected chi connectivity index (χ1v) is 7.80. The first kappa shape index (κ1) is 11.2. The molecule has 2 aromatic heterocycles. The molecular formula is C10H10BrN3O2S. The van der Waals surface area contributed by atoms with Crippen molar-refractivity contribution in [3.63, 3.8) is 0 Å². The van der Waals surface area contributed by atoms with Crippen LogP contribution >= 0.6 is 15.9 Å². The summed E-state index contributed by atoms with van der Waals surface area (Å²) in [5.74, 6) is 0.664. The number of halogens is 1. The maximum atomic E-state index is 11.8. The van der Waals surface area contributed by atoms with E-state index in [-0.39, 0.29) is 5.75 Å². The van der Waals surface area contributed by atoms with Crippen molar-refractivity contribution in [2.24, 2.45) is 0 Å². The highest BCUT2D eigenvalue weighted by atomic mass is 79.9. The number of nitrogens with zero attached hydrogens (tertiary/aromatic N) is 3. The standard InChI is InChI=1S/C10H10BrN3O2S/c11-7-3-4-14-9(6-7)12-10(13-14)8-2-1-5-17(8,15)16/h3-4,6,8H,1-2,5H2. The summed E-state index contributed by atoms with van der Waals surface area (Å²) in [4.78, 5) is 4.29. The molecule has 5 nitrogen and oxygen atoms in total. The van der Waals surface area contributed by atoms with Crippen LogP contribution in [0.5, 0.6) is 0 Å². The highest BCUT2D eigenvalue weighted by molar-refractivity contribution is 9.10. The van der Waals surface area contributed by atoms with Gasteiger partial charge in [-0.25, -0.2) is 17.9 Å². The highest BCUT2D eigenvalue weighted by Gasteiger charge is 2.35. The van der Waals surface area contributed by atoms with Crippen LogP contribution in [-0.4, -0.2) is 28.8 Å². The summed E-state index contributed by atoms with van der Waals surface area (Å²) in [6.45, 7) is 0. The van der Waals surface area contributed by atoms with Crippen LogP contribution in [0.15, 0.2) is 22.8 Å². The summed E-state index contributed by atoms with van der Waals surface area (Å²) in [5, 5.41) is 3.71. The molecule has 1 saturated heterocycles. The van der Waals surface area contributed by atoms with Crippen LogP contribution in [0.25, 0.3) is 5.65 Å². The molecule has 0 aromatic carbocycles. The molecule has 1 atom stereocenters. The monoisotopic (exact) mass is 315 g/mol. The molecule has 2 aromatic rings.